The highest BCUT2D eigenvalue weighted by Gasteiger charge is 2.43. The van der Waals surface area contributed by atoms with Crippen molar-refractivity contribution in [2.24, 2.45) is 0 Å². The Hall–Kier alpha value is -3.01. The van der Waals surface area contributed by atoms with Crippen LogP contribution in [0.5, 0.6) is 0 Å². The van der Waals surface area contributed by atoms with E-state index in [9.17, 15) is 33.7 Å². The molecule has 0 radical (unpaired) electrons. The molecule has 2 saturated heterocycles. The van der Waals surface area contributed by atoms with Gasteiger partial charge in [0.25, 0.3) is 11.8 Å². The largest absolute Gasteiger partial charge is 0.475 e. The molecule has 200 valence electrons. The molecule has 0 saturated carbocycles. The van der Waals surface area contributed by atoms with Crippen LogP contribution in [0.2, 0.25) is 0 Å². The molecular formula is C25H33BF2N4O5. The lowest BCUT2D eigenvalue weighted by Crippen LogP contribution is -2.50. The minimum atomic E-state index is -2.80. The highest BCUT2D eigenvalue weighted by atomic mass is 19.3. The molecule has 3 N–H and O–H groups in total. The lowest BCUT2D eigenvalue weighted by molar-refractivity contribution is -0.129. The molecule has 0 aromatic heterocycles. The molecule has 37 heavy (non-hydrogen) atoms. The lowest BCUT2D eigenvalue weighted by atomic mass is 9.76. The molecule has 1 aromatic carbocycles. The van der Waals surface area contributed by atoms with Crippen LogP contribution in [0.25, 0.3) is 0 Å². The van der Waals surface area contributed by atoms with Gasteiger partial charge in [0.05, 0.1) is 19.0 Å². The number of piperidine rings is 1. The van der Waals surface area contributed by atoms with E-state index in [2.05, 4.69) is 5.32 Å². The maximum absolute atomic E-state index is 13.7. The van der Waals surface area contributed by atoms with E-state index < -0.39 is 49.2 Å². The van der Waals surface area contributed by atoms with Crippen LogP contribution in [0.4, 0.5) is 13.6 Å². The summed E-state index contributed by atoms with van der Waals surface area (Å²) in [4.78, 5) is 28.5. The molecule has 0 spiro atoms. The first-order valence-electron chi connectivity index (χ1n) is 12.3. The minimum absolute atomic E-state index is 0.0541. The number of carbonyl (C=O) groups is 2. The smallest absolute Gasteiger partial charge is 0.444 e. The third-order valence-electron chi connectivity index (χ3n) is 6.73. The number of ether oxygens (including phenoxy) is 1. The van der Waals surface area contributed by atoms with Crippen molar-refractivity contribution in [3.63, 3.8) is 0 Å². The fourth-order valence-electron chi connectivity index (χ4n) is 4.64. The quantitative estimate of drug-likeness (QED) is 0.273. The molecule has 12 heteroatoms. The van der Waals surface area contributed by atoms with Crippen molar-refractivity contribution in [1.29, 1.82) is 5.26 Å². The van der Waals surface area contributed by atoms with Crippen LogP contribution in [-0.2, 0) is 16.0 Å². The predicted molar refractivity (Wildman–Crippen MR) is 132 cm³/mol. The highest BCUT2D eigenvalue weighted by Crippen LogP contribution is 2.33. The van der Waals surface area contributed by atoms with Crippen molar-refractivity contribution < 1.29 is 33.2 Å². The molecule has 2 heterocycles. The third-order valence-corrected chi connectivity index (χ3v) is 6.73. The second kappa shape index (κ2) is 12.0. The summed E-state index contributed by atoms with van der Waals surface area (Å²) in [6, 6.07) is 10.9. The Labute approximate surface area is 215 Å². The SMILES string of the molecule is CC(C)(/C=C(\C#N)C(=O)N1CCC[C@@H](OC(=O)N[C@@H](Cc2ccccc2)B(O)O)C1)N1CCC(F)(F)C1. The van der Waals surface area contributed by atoms with Gasteiger partial charge in [-0.3, -0.25) is 9.69 Å². The number of amides is 2. The van der Waals surface area contributed by atoms with Gasteiger partial charge in [-0.2, -0.15) is 5.26 Å². The van der Waals surface area contributed by atoms with E-state index in [0.29, 0.717) is 19.4 Å². The van der Waals surface area contributed by atoms with Crippen molar-refractivity contribution in [1.82, 2.24) is 15.1 Å². The third kappa shape index (κ3) is 7.99. The van der Waals surface area contributed by atoms with Crippen LogP contribution >= 0.6 is 0 Å². The van der Waals surface area contributed by atoms with E-state index in [1.165, 1.54) is 11.0 Å². The van der Waals surface area contributed by atoms with E-state index in [-0.39, 0.29) is 31.5 Å². The molecule has 2 atom stereocenters. The van der Waals surface area contributed by atoms with Crippen LogP contribution in [0, 0.1) is 11.3 Å². The molecule has 1 aromatic rings. The summed E-state index contributed by atoms with van der Waals surface area (Å²) in [6.45, 7) is 3.50. The molecule has 0 aliphatic carbocycles. The molecule has 2 fully saturated rings. The number of rotatable bonds is 8. The lowest BCUT2D eigenvalue weighted by Gasteiger charge is -2.35. The van der Waals surface area contributed by atoms with Crippen LogP contribution < -0.4 is 5.32 Å². The van der Waals surface area contributed by atoms with Gasteiger partial charge in [-0.1, -0.05) is 30.3 Å². The van der Waals surface area contributed by atoms with Gasteiger partial charge in [0.2, 0.25) is 0 Å². The zero-order chi connectivity index (χ0) is 27.2. The van der Waals surface area contributed by atoms with E-state index in [0.717, 1.165) is 5.56 Å². The van der Waals surface area contributed by atoms with Gasteiger partial charge in [-0.15, -0.1) is 0 Å². The summed E-state index contributed by atoms with van der Waals surface area (Å²) in [5, 5.41) is 31.5. The number of hydrogen-bond donors (Lipinski definition) is 3. The Bertz CT molecular complexity index is 1030. The van der Waals surface area contributed by atoms with Crippen molar-refractivity contribution in [2.75, 3.05) is 26.2 Å². The van der Waals surface area contributed by atoms with Crippen LogP contribution in [0.15, 0.2) is 42.0 Å². The zero-order valence-corrected chi connectivity index (χ0v) is 21.1. The average Bonchev–Trinajstić information content (AvgIpc) is 3.23. The summed E-state index contributed by atoms with van der Waals surface area (Å²) in [5.41, 5.74) is -0.283. The van der Waals surface area contributed by atoms with Gasteiger partial charge >= 0.3 is 13.2 Å². The topological polar surface area (TPSA) is 126 Å². The average molecular weight is 518 g/mol. The fraction of sp³-hybridized carbons (Fsp3) is 0.560. The first-order valence-corrected chi connectivity index (χ1v) is 12.3. The maximum Gasteiger partial charge on any atom is 0.475 e. The number of hydrogen-bond acceptors (Lipinski definition) is 7. The first kappa shape index (κ1) is 28.6. The first-order chi connectivity index (χ1) is 17.4. The van der Waals surface area contributed by atoms with Gasteiger partial charge < -0.3 is 25.0 Å². The minimum Gasteiger partial charge on any atom is -0.444 e. The second-order valence-corrected chi connectivity index (χ2v) is 10.1. The van der Waals surface area contributed by atoms with Crippen molar-refractivity contribution in [3.8, 4) is 6.07 Å². The number of likely N-dealkylation sites (tertiary alicyclic amines) is 2. The zero-order valence-electron chi connectivity index (χ0n) is 21.1. The van der Waals surface area contributed by atoms with Gasteiger partial charge in [0.15, 0.2) is 0 Å². The monoisotopic (exact) mass is 518 g/mol. The number of alkyl halides is 2. The van der Waals surface area contributed by atoms with Gasteiger partial charge in [-0.05, 0) is 44.7 Å². The van der Waals surface area contributed by atoms with E-state index >= 15 is 0 Å². The maximum atomic E-state index is 13.7. The molecule has 0 unspecified atom stereocenters. The number of halogens is 2. The number of alkyl carbamates (subject to hydrolysis) is 1. The Morgan fingerprint density at radius 2 is 2.03 bits per heavy atom. The highest BCUT2D eigenvalue weighted by molar-refractivity contribution is 6.43. The number of nitrogens with zero attached hydrogens (tertiary/aromatic N) is 3. The number of benzene rings is 1. The standard InChI is InChI=1S/C25H33BF2N4O5/c1-24(2,32-12-10-25(27,28)17-32)14-19(15-29)22(33)31-11-6-9-20(16-31)37-23(34)30-21(26(35)36)13-18-7-4-3-5-8-18/h3-5,7-8,14,20-21,35-36H,6,9-13,16-17H2,1-2H3,(H,30,34)/b19-14+/t20-,21+/m1/s1. The van der Waals surface area contributed by atoms with Crippen molar-refractivity contribution in [2.45, 2.75) is 63.0 Å². The molecular weight excluding hydrogens is 485 g/mol. The van der Waals surface area contributed by atoms with Crippen molar-refractivity contribution >= 4 is 19.1 Å². The summed E-state index contributed by atoms with van der Waals surface area (Å²) in [6.07, 6.45) is 0.842. The summed E-state index contributed by atoms with van der Waals surface area (Å²) in [5.74, 6) is -4.35. The molecule has 0 bridgehead atoms. The molecule has 2 aliphatic heterocycles. The molecule has 3 rings (SSSR count). The summed E-state index contributed by atoms with van der Waals surface area (Å²) >= 11 is 0. The van der Waals surface area contributed by atoms with Crippen molar-refractivity contribution in [3.05, 3.63) is 47.5 Å². The Morgan fingerprint density at radius 3 is 2.62 bits per heavy atom. The summed E-state index contributed by atoms with van der Waals surface area (Å²) < 4.78 is 32.8. The fourth-order valence-corrected chi connectivity index (χ4v) is 4.64. The number of nitrogens with one attached hydrogen (secondary N) is 1. The van der Waals surface area contributed by atoms with Crippen LogP contribution in [-0.4, -0.2) is 88.7 Å². The Morgan fingerprint density at radius 1 is 1.32 bits per heavy atom. The number of nitriles is 1. The van der Waals surface area contributed by atoms with E-state index in [1.54, 1.807) is 43.0 Å². The van der Waals surface area contributed by atoms with E-state index in [1.807, 2.05) is 12.1 Å². The van der Waals surface area contributed by atoms with Crippen LogP contribution in [0.1, 0.15) is 38.7 Å². The summed E-state index contributed by atoms with van der Waals surface area (Å²) in [7, 11) is -1.81. The van der Waals surface area contributed by atoms with Gasteiger partial charge in [0, 0.05) is 25.0 Å². The molecule has 2 amide bonds. The molecule has 9 nitrogen and oxygen atoms in total. The van der Waals surface area contributed by atoms with E-state index in [4.69, 9.17) is 4.74 Å². The number of carbonyl (C=O) groups excluding carboxylic acids is 2. The normalized spacial score (nSPS) is 21.2. The Balaban J connectivity index is 1.59. The predicted octanol–water partition coefficient (Wildman–Crippen LogP) is 1.90. The second-order valence-electron chi connectivity index (χ2n) is 10.1. The van der Waals surface area contributed by atoms with Gasteiger partial charge in [-0.25, -0.2) is 13.6 Å². The van der Waals surface area contributed by atoms with Crippen LogP contribution in [0.3, 0.4) is 0 Å². The Kier molecular flexibility index (Phi) is 9.28. The molecule has 2 aliphatic rings. The van der Waals surface area contributed by atoms with Gasteiger partial charge in [0.1, 0.15) is 17.7 Å².